The third kappa shape index (κ3) is 2.71. The molecule has 0 aliphatic rings. The molecular weight excluding hydrogens is 332 g/mol. The topological polar surface area (TPSA) is 88.6 Å². The molecule has 3 heterocycles. The van der Waals surface area contributed by atoms with Crippen LogP contribution in [0.3, 0.4) is 0 Å². The van der Waals surface area contributed by atoms with Gasteiger partial charge in [-0.15, -0.1) is 11.3 Å². The third-order valence-corrected chi connectivity index (χ3v) is 5.30. The van der Waals surface area contributed by atoms with E-state index >= 15 is 0 Å². The number of nitrogens with one attached hydrogen (secondary N) is 1. The molecule has 0 saturated heterocycles. The van der Waals surface area contributed by atoms with Gasteiger partial charge in [-0.05, 0) is 29.8 Å². The van der Waals surface area contributed by atoms with Gasteiger partial charge >= 0.3 is 0 Å². The van der Waals surface area contributed by atoms with E-state index in [2.05, 4.69) is 26.0 Å². The lowest BCUT2D eigenvalue weighted by molar-refractivity contribution is 0.598. The van der Waals surface area contributed by atoms with Crippen molar-refractivity contribution in [2.75, 3.05) is 6.26 Å². The normalized spacial score (nSPS) is 12.2. The van der Waals surface area contributed by atoms with Gasteiger partial charge in [0.15, 0.2) is 20.5 Å². The Kier molecular flexibility index (Phi) is 3.17. The number of thiazole rings is 1. The lowest BCUT2D eigenvalue weighted by Gasteiger charge is -1.97. The first-order chi connectivity index (χ1) is 11.0. The second-order valence-electron chi connectivity index (χ2n) is 5.31. The van der Waals surface area contributed by atoms with E-state index in [1.54, 1.807) is 17.4 Å². The number of hydrogen-bond donors (Lipinski definition) is 1. The maximum atomic E-state index is 11.6. The van der Waals surface area contributed by atoms with Crippen LogP contribution < -0.4 is 0 Å². The lowest BCUT2D eigenvalue weighted by atomic mass is 10.1. The SMILES string of the molecule is CS(=O)(=O)c1ccc2[nH]c(Cc3ccc4ncsc4c3)nc2n1. The van der Waals surface area contributed by atoms with Crippen molar-refractivity contribution in [2.24, 2.45) is 0 Å². The molecule has 0 aliphatic carbocycles. The van der Waals surface area contributed by atoms with E-state index < -0.39 is 9.84 Å². The molecular formula is C15H12N4O2S2. The molecule has 0 saturated carbocycles. The summed E-state index contributed by atoms with van der Waals surface area (Å²) in [4.78, 5) is 16.0. The highest BCUT2D eigenvalue weighted by Gasteiger charge is 2.12. The van der Waals surface area contributed by atoms with Crippen LogP contribution in [0, 0.1) is 0 Å². The Morgan fingerprint density at radius 3 is 2.87 bits per heavy atom. The Balaban J connectivity index is 1.71. The van der Waals surface area contributed by atoms with Gasteiger partial charge in [-0.1, -0.05) is 6.07 Å². The van der Waals surface area contributed by atoms with E-state index in [1.807, 2.05) is 17.6 Å². The van der Waals surface area contributed by atoms with Gasteiger partial charge in [-0.3, -0.25) is 0 Å². The maximum absolute atomic E-state index is 11.6. The largest absolute Gasteiger partial charge is 0.340 e. The number of aromatic nitrogens is 4. The van der Waals surface area contributed by atoms with E-state index in [4.69, 9.17) is 0 Å². The molecule has 3 aromatic heterocycles. The van der Waals surface area contributed by atoms with Crippen molar-refractivity contribution in [3.8, 4) is 0 Å². The van der Waals surface area contributed by atoms with E-state index in [1.165, 1.54) is 6.07 Å². The van der Waals surface area contributed by atoms with Crippen molar-refractivity contribution < 1.29 is 8.42 Å². The number of sulfone groups is 1. The molecule has 0 unspecified atom stereocenters. The molecule has 4 rings (SSSR count). The van der Waals surface area contributed by atoms with Gasteiger partial charge in [0.1, 0.15) is 5.82 Å². The summed E-state index contributed by atoms with van der Waals surface area (Å²) >= 11 is 1.60. The first kappa shape index (κ1) is 14.3. The Hall–Kier alpha value is -2.32. The predicted octanol–water partition coefficient (Wildman–Crippen LogP) is 2.56. The van der Waals surface area contributed by atoms with Crippen LogP contribution in [-0.2, 0) is 16.3 Å². The van der Waals surface area contributed by atoms with Crippen LogP contribution >= 0.6 is 11.3 Å². The summed E-state index contributed by atoms with van der Waals surface area (Å²) in [5.41, 5.74) is 5.08. The molecule has 0 radical (unpaired) electrons. The van der Waals surface area contributed by atoms with Crippen LogP contribution in [-0.4, -0.2) is 34.6 Å². The van der Waals surface area contributed by atoms with Gasteiger partial charge < -0.3 is 4.98 Å². The van der Waals surface area contributed by atoms with Crippen LogP contribution in [0.2, 0.25) is 0 Å². The molecule has 4 aromatic rings. The number of H-pyrrole nitrogens is 1. The molecule has 0 fully saturated rings. The average molecular weight is 344 g/mol. The molecule has 0 amide bonds. The molecule has 1 N–H and O–H groups in total. The van der Waals surface area contributed by atoms with E-state index in [-0.39, 0.29) is 5.03 Å². The fourth-order valence-corrected chi connectivity index (χ4v) is 3.73. The third-order valence-electron chi connectivity index (χ3n) is 3.52. The molecule has 116 valence electrons. The molecule has 0 aliphatic heterocycles. The number of rotatable bonds is 3. The number of nitrogens with zero attached hydrogens (tertiary/aromatic N) is 3. The van der Waals surface area contributed by atoms with E-state index in [0.29, 0.717) is 12.1 Å². The van der Waals surface area contributed by atoms with Gasteiger partial charge in [0.2, 0.25) is 0 Å². The second-order valence-corrected chi connectivity index (χ2v) is 8.16. The zero-order valence-electron chi connectivity index (χ0n) is 12.1. The van der Waals surface area contributed by atoms with Crippen LogP contribution in [0.5, 0.6) is 0 Å². The Morgan fingerprint density at radius 1 is 1.17 bits per heavy atom. The van der Waals surface area contributed by atoms with Crippen LogP contribution in [0.15, 0.2) is 40.9 Å². The van der Waals surface area contributed by atoms with Gasteiger partial charge in [0.25, 0.3) is 0 Å². The monoisotopic (exact) mass is 344 g/mol. The Bertz CT molecular complexity index is 1130. The average Bonchev–Trinajstić information content (AvgIpc) is 3.10. The zero-order valence-corrected chi connectivity index (χ0v) is 13.8. The van der Waals surface area contributed by atoms with Crippen molar-refractivity contribution in [1.29, 1.82) is 0 Å². The smallest absolute Gasteiger partial charge is 0.192 e. The number of fused-ring (bicyclic) bond motifs is 2. The van der Waals surface area contributed by atoms with Crippen molar-refractivity contribution in [3.63, 3.8) is 0 Å². The minimum absolute atomic E-state index is 0.0362. The summed E-state index contributed by atoms with van der Waals surface area (Å²) in [5, 5.41) is 0.0362. The summed E-state index contributed by atoms with van der Waals surface area (Å²) in [6.45, 7) is 0. The Morgan fingerprint density at radius 2 is 2.04 bits per heavy atom. The number of hydrogen-bond acceptors (Lipinski definition) is 6. The summed E-state index contributed by atoms with van der Waals surface area (Å²) in [6, 6.07) is 9.29. The standard InChI is InChI=1S/C15H12N4O2S2/c1-23(20,21)14-5-4-11-15(19-14)18-13(17-11)7-9-2-3-10-12(6-9)22-8-16-10/h2-6,8H,7H2,1H3,(H,17,18,19). The molecule has 0 atom stereocenters. The molecule has 0 spiro atoms. The van der Waals surface area contributed by atoms with Crippen LogP contribution in [0.25, 0.3) is 21.4 Å². The molecule has 23 heavy (non-hydrogen) atoms. The first-order valence-electron chi connectivity index (χ1n) is 6.87. The van der Waals surface area contributed by atoms with Crippen molar-refractivity contribution in [1.82, 2.24) is 19.9 Å². The first-order valence-corrected chi connectivity index (χ1v) is 9.64. The molecule has 6 nitrogen and oxygen atoms in total. The molecule has 8 heteroatoms. The van der Waals surface area contributed by atoms with Gasteiger partial charge in [-0.25, -0.2) is 23.4 Å². The highest BCUT2D eigenvalue weighted by Crippen LogP contribution is 2.21. The summed E-state index contributed by atoms with van der Waals surface area (Å²) in [5.74, 6) is 0.752. The maximum Gasteiger partial charge on any atom is 0.192 e. The van der Waals surface area contributed by atoms with Gasteiger partial charge in [0, 0.05) is 12.7 Å². The number of aromatic amines is 1. The quantitative estimate of drug-likeness (QED) is 0.617. The number of benzene rings is 1. The highest BCUT2D eigenvalue weighted by atomic mass is 32.2. The fraction of sp³-hybridized carbons (Fsp3) is 0.133. The fourth-order valence-electron chi connectivity index (χ4n) is 2.42. The zero-order chi connectivity index (χ0) is 16.0. The summed E-state index contributed by atoms with van der Waals surface area (Å²) in [7, 11) is -3.33. The van der Waals surface area contributed by atoms with Crippen molar-refractivity contribution in [2.45, 2.75) is 11.4 Å². The van der Waals surface area contributed by atoms with Crippen LogP contribution in [0.4, 0.5) is 0 Å². The second kappa shape index (κ2) is 5.10. The molecule has 1 aromatic carbocycles. The number of pyridine rings is 1. The minimum Gasteiger partial charge on any atom is -0.340 e. The number of imidazole rings is 1. The predicted molar refractivity (Wildman–Crippen MR) is 89.4 cm³/mol. The van der Waals surface area contributed by atoms with E-state index in [0.717, 1.165) is 33.4 Å². The highest BCUT2D eigenvalue weighted by molar-refractivity contribution is 7.90. The van der Waals surface area contributed by atoms with Gasteiger partial charge in [0.05, 0.1) is 21.2 Å². The van der Waals surface area contributed by atoms with E-state index in [9.17, 15) is 8.42 Å². The van der Waals surface area contributed by atoms with Gasteiger partial charge in [-0.2, -0.15) is 0 Å². The summed E-state index contributed by atoms with van der Waals surface area (Å²) < 4.78 is 24.3. The Labute approximate surface area is 136 Å². The van der Waals surface area contributed by atoms with Crippen molar-refractivity contribution >= 4 is 42.6 Å². The van der Waals surface area contributed by atoms with Crippen molar-refractivity contribution in [3.05, 3.63) is 47.2 Å². The molecule has 0 bridgehead atoms. The lowest BCUT2D eigenvalue weighted by Crippen LogP contribution is -2.00. The summed E-state index contributed by atoms with van der Waals surface area (Å²) in [6.07, 6.45) is 1.76. The van der Waals surface area contributed by atoms with Crippen LogP contribution in [0.1, 0.15) is 11.4 Å². The minimum atomic E-state index is -3.33.